The molecule has 0 aliphatic rings. The minimum absolute atomic E-state index is 0.296. The van der Waals surface area contributed by atoms with E-state index in [1.54, 1.807) is 11.3 Å². The van der Waals surface area contributed by atoms with E-state index in [1.807, 2.05) is 12.1 Å². The van der Waals surface area contributed by atoms with Gasteiger partial charge in [-0.25, -0.2) is 4.98 Å². The zero-order valence-electron chi connectivity index (χ0n) is 12.9. The fourth-order valence-corrected chi connectivity index (χ4v) is 3.01. The highest BCUT2D eigenvalue weighted by Crippen LogP contribution is 2.28. The Morgan fingerprint density at radius 3 is 2.67 bits per heavy atom. The summed E-state index contributed by atoms with van der Waals surface area (Å²) in [5, 5.41) is 6.18. The van der Waals surface area contributed by atoms with Gasteiger partial charge in [0.2, 0.25) is 0 Å². The normalized spacial score (nSPS) is 12.7. The number of aromatic nitrogens is 1. The van der Waals surface area contributed by atoms with Crippen molar-refractivity contribution in [3.05, 3.63) is 45.2 Å². The number of anilines is 1. The molecule has 0 aliphatic heterocycles. The number of thiophene rings is 1. The van der Waals surface area contributed by atoms with Crippen molar-refractivity contribution in [1.29, 1.82) is 0 Å². The van der Waals surface area contributed by atoms with E-state index in [2.05, 4.69) is 55.5 Å². The van der Waals surface area contributed by atoms with E-state index < -0.39 is 0 Å². The van der Waals surface area contributed by atoms with Gasteiger partial charge in [-0.1, -0.05) is 31.5 Å². The molecule has 0 fully saturated rings. The van der Waals surface area contributed by atoms with Crippen LogP contribution in [0.4, 0.5) is 5.82 Å². The maximum atomic E-state index is 6.24. The van der Waals surface area contributed by atoms with Crippen LogP contribution in [-0.2, 0) is 6.54 Å². The fourth-order valence-electron chi connectivity index (χ4n) is 2.01. The van der Waals surface area contributed by atoms with Gasteiger partial charge in [-0.2, -0.15) is 0 Å². The molecule has 21 heavy (non-hydrogen) atoms. The number of halogens is 1. The molecule has 0 radical (unpaired) electrons. The first kappa shape index (κ1) is 16.3. The summed E-state index contributed by atoms with van der Waals surface area (Å²) in [5.74, 6) is 0.945. The first-order chi connectivity index (χ1) is 9.99. The summed E-state index contributed by atoms with van der Waals surface area (Å²) >= 11 is 8.01. The average molecular weight is 324 g/mol. The smallest absolute Gasteiger partial charge is 0.129 e. The minimum atomic E-state index is 0.296. The van der Waals surface area contributed by atoms with Crippen molar-refractivity contribution in [3.8, 4) is 0 Å². The van der Waals surface area contributed by atoms with Crippen LogP contribution in [0.25, 0.3) is 0 Å². The Hall–Kier alpha value is -1.10. The zero-order valence-corrected chi connectivity index (χ0v) is 14.5. The molecule has 114 valence electrons. The van der Waals surface area contributed by atoms with Gasteiger partial charge >= 0.3 is 0 Å². The summed E-state index contributed by atoms with van der Waals surface area (Å²) in [4.78, 5) is 8.22. The van der Waals surface area contributed by atoms with Crippen LogP contribution in [0.2, 0.25) is 5.02 Å². The van der Waals surface area contributed by atoms with E-state index in [0.29, 0.717) is 23.7 Å². The van der Waals surface area contributed by atoms with Crippen LogP contribution in [0.15, 0.2) is 29.6 Å². The summed E-state index contributed by atoms with van der Waals surface area (Å²) in [6.45, 7) is 7.10. The second kappa shape index (κ2) is 7.25. The molecule has 2 aromatic rings. The number of hydrogen-bond donors (Lipinski definition) is 1. The van der Waals surface area contributed by atoms with Gasteiger partial charge in [0.25, 0.3) is 0 Å². The Labute approximate surface area is 136 Å². The summed E-state index contributed by atoms with van der Waals surface area (Å²) in [6, 6.07) is 8.85. The molecular formula is C16H22ClN3S. The Morgan fingerprint density at radius 1 is 1.29 bits per heavy atom. The molecule has 0 saturated heterocycles. The van der Waals surface area contributed by atoms with Gasteiger partial charge in [0.05, 0.1) is 16.8 Å². The molecule has 3 nitrogen and oxygen atoms in total. The summed E-state index contributed by atoms with van der Waals surface area (Å²) < 4.78 is 0. The largest absolute Gasteiger partial charge is 0.352 e. The number of nitrogens with zero attached hydrogens (tertiary/aromatic N) is 2. The molecule has 2 aromatic heterocycles. The topological polar surface area (TPSA) is 28.2 Å². The minimum Gasteiger partial charge on any atom is -0.352 e. The molecule has 1 N–H and O–H groups in total. The molecule has 5 heteroatoms. The second-order valence-electron chi connectivity index (χ2n) is 5.44. The molecule has 0 aromatic carbocycles. The molecule has 2 heterocycles. The highest BCUT2D eigenvalue weighted by atomic mass is 35.5. The van der Waals surface area contributed by atoms with Gasteiger partial charge in [-0.3, -0.25) is 0 Å². The van der Waals surface area contributed by atoms with Crippen molar-refractivity contribution < 1.29 is 0 Å². The molecule has 1 unspecified atom stereocenters. The molecule has 2 rings (SSSR count). The monoisotopic (exact) mass is 323 g/mol. The standard InChI is InChI=1S/C16H22ClN3S/c1-11(2)18-10-14-13(17)7-8-16(19-14)20(4)12(3)15-6-5-9-21-15/h5-9,11-12,18H,10H2,1-4H3. The number of hydrogen-bond acceptors (Lipinski definition) is 4. The molecule has 1 atom stereocenters. The van der Waals surface area contributed by atoms with Crippen molar-refractivity contribution in [2.75, 3.05) is 11.9 Å². The van der Waals surface area contributed by atoms with Gasteiger partial charge in [0.15, 0.2) is 0 Å². The van der Waals surface area contributed by atoms with Crippen molar-refractivity contribution >= 4 is 28.8 Å². The Balaban J connectivity index is 2.17. The first-order valence-electron chi connectivity index (χ1n) is 7.14. The third-order valence-electron chi connectivity index (χ3n) is 3.48. The molecule has 0 amide bonds. The highest BCUT2D eigenvalue weighted by molar-refractivity contribution is 7.10. The maximum absolute atomic E-state index is 6.24. The lowest BCUT2D eigenvalue weighted by Gasteiger charge is -2.26. The van der Waals surface area contributed by atoms with E-state index >= 15 is 0 Å². The molecule has 0 bridgehead atoms. The lowest BCUT2D eigenvalue weighted by molar-refractivity contribution is 0.581. The fraction of sp³-hybridized carbons (Fsp3) is 0.438. The lowest BCUT2D eigenvalue weighted by Crippen LogP contribution is -2.25. The van der Waals surface area contributed by atoms with Crippen molar-refractivity contribution in [2.24, 2.45) is 0 Å². The Kier molecular flexibility index (Phi) is 5.62. The van der Waals surface area contributed by atoms with Gasteiger partial charge in [0, 0.05) is 24.5 Å². The number of nitrogens with one attached hydrogen (secondary N) is 1. The van der Waals surface area contributed by atoms with Crippen LogP contribution >= 0.6 is 22.9 Å². The zero-order chi connectivity index (χ0) is 15.4. The predicted octanol–water partition coefficient (Wildman–Crippen LogP) is 4.49. The van der Waals surface area contributed by atoms with Gasteiger partial charge in [-0.05, 0) is 30.5 Å². The molecule has 0 spiro atoms. The molecule has 0 aliphatic carbocycles. The quantitative estimate of drug-likeness (QED) is 0.848. The van der Waals surface area contributed by atoms with Crippen LogP contribution in [0.3, 0.4) is 0 Å². The summed E-state index contributed by atoms with van der Waals surface area (Å²) in [6.07, 6.45) is 0. The maximum Gasteiger partial charge on any atom is 0.129 e. The molecule has 0 saturated carbocycles. The Morgan fingerprint density at radius 2 is 2.05 bits per heavy atom. The van der Waals surface area contributed by atoms with Crippen LogP contribution in [0.5, 0.6) is 0 Å². The second-order valence-corrected chi connectivity index (χ2v) is 6.82. The number of rotatable bonds is 6. The summed E-state index contributed by atoms with van der Waals surface area (Å²) in [7, 11) is 2.07. The van der Waals surface area contributed by atoms with E-state index in [1.165, 1.54) is 4.88 Å². The van der Waals surface area contributed by atoms with E-state index in [9.17, 15) is 0 Å². The SMILES string of the molecule is CC(C)NCc1nc(N(C)C(C)c2cccs2)ccc1Cl. The van der Waals surface area contributed by atoms with Crippen molar-refractivity contribution in [2.45, 2.75) is 39.4 Å². The van der Waals surface area contributed by atoms with Crippen LogP contribution < -0.4 is 10.2 Å². The lowest BCUT2D eigenvalue weighted by atomic mass is 10.2. The Bertz CT molecular complexity index is 569. The van der Waals surface area contributed by atoms with Gasteiger partial charge < -0.3 is 10.2 Å². The number of pyridine rings is 1. The highest BCUT2D eigenvalue weighted by Gasteiger charge is 2.15. The van der Waals surface area contributed by atoms with Crippen molar-refractivity contribution in [3.63, 3.8) is 0 Å². The van der Waals surface area contributed by atoms with E-state index in [4.69, 9.17) is 16.6 Å². The van der Waals surface area contributed by atoms with Crippen LogP contribution in [0, 0.1) is 0 Å². The van der Waals surface area contributed by atoms with Crippen molar-refractivity contribution in [1.82, 2.24) is 10.3 Å². The van der Waals surface area contributed by atoms with Crippen LogP contribution in [-0.4, -0.2) is 18.1 Å². The van der Waals surface area contributed by atoms with Gasteiger partial charge in [-0.15, -0.1) is 11.3 Å². The third kappa shape index (κ3) is 4.19. The molecular weight excluding hydrogens is 302 g/mol. The van der Waals surface area contributed by atoms with E-state index in [-0.39, 0.29) is 0 Å². The van der Waals surface area contributed by atoms with Crippen LogP contribution in [0.1, 0.15) is 37.4 Å². The predicted molar refractivity (Wildman–Crippen MR) is 92.4 cm³/mol. The third-order valence-corrected chi connectivity index (χ3v) is 4.87. The van der Waals surface area contributed by atoms with E-state index in [0.717, 1.165) is 11.5 Å². The average Bonchev–Trinajstić information content (AvgIpc) is 2.99. The summed E-state index contributed by atoms with van der Waals surface area (Å²) in [5.41, 5.74) is 0.896. The first-order valence-corrected chi connectivity index (χ1v) is 8.40. The van der Waals surface area contributed by atoms with Gasteiger partial charge in [0.1, 0.15) is 5.82 Å².